The summed E-state index contributed by atoms with van der Waals surface area (Å²) in [5, 5.41) is 10.4. The first kappa shape index (κ1) is 10.8. The Bertz CT molecular complexity index is 399. The van der Waals surface area contributed by atoms with Gasteiger partial charge < -0.3 is 9.90 Å². The van der Waals surface area contributed by atoms with E-state index in [9.17, 15) is 9.90 Å². The number of carbonyl (C=O) groups is 1. The Morgan fingerprint density at radius 2 is 2.33 bits per heavy atom. The number of halogens is 1. The van der Waals surface area contributed by atoms with Crippen LogP contribution in [0.2, 0.25) is 0 Å². The van der Waals surface area contributed by atoms with Gasteiger partial charge in [-0.25, -0.2) is 0 Å². The molecule has 1 aromatic rings. The van der Waals surface area contributed by atoms with Crippen molar-refractivity contribution in [3.63, 3.8) is 0 Å². The van der Waals surface area contributed by atoms with Crippen LogP contribution in [0.25, 0.3) is 0 Å². The van der Waals surface area contributed by atoms with Gasteiger partial charge in [-0.05, 0) is 43.0 Å². The van der Waals surface area contributed by atoms with E-state index in [4.69, 9.17) is 0 Å². The molecule has 0 saturated heterocycles. The molecule has 0 spiro atoms. The summed E-state index contributed by atoms with van der Waals surface area (Å²) in [5.41, 5.74) is 0.987. The number of hydrogen-bond acceptors (Lipinski definition) is 2. The van der Waals surface area contributed by atoms with E-state index in [-0.39, 0.29) is 5.92 Å². The van der Waals surface area contributed by atoms with Crippen LogP contribution in [-0.2, 0) is 16.8 Å². The van der Waals surface area contributed by atoms with Crippen molar-refractivity contribution >= 4 is 22.2 Å². The van der Waals surface area contributed by atoms with Crippen LogP contribution in [0.4, 0.5) is 0 Å². The molecule has 0 unspecified atom stereocenters. The van der Waals surface area contributed by atoms with Crippen molar-refractivity contribution in [1.82, 2.24) is 0 Å². The lowest BCUT2D eigenvalue weighted by atomic mass is 9.73. The second kappa shape index (κ2) is 3.72. The van der Waals surface area contributed by atoms with E-state index in [2.05, 4.69) is 15.9 Å². The van der Waals surface area contributed by atoms with Crippen LogP contribution in [0, 0.1) is 5.92 Å². The Kier molecular flexibility index (Phi) is 2.69. The number of benzene rings is 1. The van der Waals surface area contributed by atoms with Gasteiger partial charge in [0.1, 0.15) is 6.29 Å². The zero-order chi connectivity index (χ0) is 11.1. The molecule has 1 aliphatic carbocycles. The molecular weight excluding hydrogens is 256 g/mol. The Morgan fingerprint density at radius 1 is 1.60 bits per heavy atom. The van der Waals surface area contributed by atoms with Crippen molar-refractivity contribution in [2.24, 2.45) is 5.92 Å². The molecule has 80 valence electrons. The Labute approximate surface area is 97.4 Å². The molecule has 0 bridgehead atoms. The molecule has 2 atom stereocenters. The number of rotatable bonds is 1. The number of aryl methyl sites for hydroxylation is 1. The number of aliphatic hydroxyl groups is 1. The highest BCUT2D eigenvalue weighted by Crippen LogP contribution is 2.39. The summed E-state index contributed by atoms with van der Waals surface area (Å²) >= 11 is 3.38. The molecule has 0 heterocycles. The average Bonchev–Trinajstić information content (AvgIpc) is 2.19. The standard InChI is InChI=1S/C12H13BrO2/c1-12(15)9(7-14)4-2-8-3-5-10(13)6-11(8)12/h3,5-7,9,15H,2,4H2,1H3/t9-,12+/m0/s1. The van der Waals surface area contributed by atoms with Gasteiger partial charge in [0.2, 0.25) is 0 Å². The van der Waals surface area contributed by atoms with Crippen LogP contribution in [0.5, 0.6) is 0 Å². The summed E-state index contributed by atoms with van der Waals surface area (Å²) in [7, 11) is 0. The summed E-state index contributed by atoms with van der Waals surface area (Å²) < 4.78 is 0.938. The third kappa shape index (κ3) is 1.74. The van der Waals surface area contributed by atoms with E-state index in [1.165, 1.54) is 0 Å². The first-order valence-electron chi connectivity index (χ1n) is 5.02. The van der Waals surface area contributed by atoms with E-state index >= 15 is 0 Å². The lowest BCUT2D eigenvalue weighted by Gasteiger charge is -2.36. The van der Waals surface area contributed by atoms with Crippen molar-refractivity contribution in [3.8, 4) is 0 Å². The van der Waals surface area contributed by atoms with Gasteiger partial charge in [-0.3, -0.25) is 0 Å². The molecule has 15 heavy (non-hydrogen) atoms. The monoisotopic (exact) mass is 268 g/mol. The maximum Gasteiger partial charge on any atom is 0.126 e. The molecule has 1 aromatic carbocycles. The zero-order valence-corrected chi connectivity index (χ0v) is 10.1. The molecule has 0 aliphatic heterocycles. The highest BCUT2D eigenvalue weighted by atomic mass is 79.9. The van der Waals surface area contributed by atoms with Crippen LogP contribution in [0.1, 0.15) is 24.5 Å². The normalized spacial score (nSPS) is 29.7. The van der Waals surface area contributed by atoms with Crippen LogP contribution >= 0.6 is 15.9 Å². The smallest absolute Gasteiger partial charge is 0.126 e. The van der Waals surface area contributed by atoms with E-state index in [0.717, 1.165) is 34.7 Å². The zero-order valence-electron chi connectivity index (χ0n) is 8.53. The van der Waals surface area contributed by atoms with Gasteiger partial charge in [0.15, 0.2) is 0 Å². The summed E-state index contributed by atoms with van der Waals surface area (Å²) in [4.78, 5) is 10.9. The van der Waals surface area contributed by atoms with Gasteiger partial charge in [0.05, 0.1) is 5.60 Å². The topological polar surface area (TPSA) is 37.3 Å². The van der Waals surface area contributed by atoms with Crippen molar-refractivity contribution in [2.45, 2.75) is 25.4 Å². The molecule has 0 fully saturated rings. The Hall–Kier alpha value is -0.670. The first-order chi connectivity index (χ1) is 7.05. The fraction of sp³-hybridized carbons (Fsp3) is 0.417. The number of hydrogen-bond donors (Lipinski definition) is 1. The van der Waals surface area contributed by atoms with Gasteiger partial charge in [-0.15, -0.1) is 0 Å². The van der Waals surface area contributed by atoms with Crippen LogP contribution < -0.4 is 0 Å². The third-order valence-corrected chi connectivity index (χ3v) is 3.72. The highest BCUT2D eigenvalue weighted by molar-refractivity contribution is 9.10. The summed E-state index contributed by atoms with van der Waals surface area (Å²) in [6, 6.07) is 5.88. The lowest BCUT2D eigenvalue weighted by Crippen LogP contribution is -2.37. The molecular formula is C12H13BrO2. The molecule has 3 heteroatoms. The quantitative estimate of drug-likeness (QED) is 0.795. The minimum Gasteiger partial charge on any atom is -0.385 e. The minimum atomic E-state index is -1.03. The van der Waals surface area contributed by atoms with Crippen LogP contribution in [-0.4, -0.2) is 11.4 Å². The SMILES string of the molecule is C[C@]1(O)c2cc(Br)ccc2CC[C@H]1C=O. The fourth-order valence-corrected chi connectivity index (χ4v) is 2.59. The fourth-order valence-electron chi connectivity index (χ4n) is 2.23. The maximum absolute atomic E-state index is 10.9. The van der Waals surface area contributed by atoms with Gasteiger partial charge in [0, 0.05) is 10.4 Å². The van der Waals surface area contributed by atoms with Gasteiger partial charge in [-0.2, -0.15) is 0 Å². The summed E-state index contributed by atoms with van der Waals surface area (Å²) in [6.07, 6.45) is 2.46. The first-order valence-corrected chi connectivity index (χ1v) is 5.81. The predicted molar refractivity (Wildman–Crippen MR) is 61.6 cm³/mol. The number of aldehydes is 1. The van der Waals surface area contributed by atoms with Gasteiger partial charge in [0.25, 0.3) is 0 Å². The van der Waals surface area contributed by atoms with E-state index < -0.39 is 5.60 Å². The second-order valence-electron chi connectivity index (χ2n) is 4.23. The molecule has 2 rings (SSSR count). The number of fused-ring (bicyclic) bond motifs is 1. The minimum absolute atomic E-state index is 0.292. The molecule has 0 amide bonds. The lowest BCUT2D eigenvalue weighted by molar-refractivity contribution is -0.120. The van der Waals surface area contributed by atoms with E-state index in [0.29, 0.717) is 0 Å². The molecule has 2 nitrogen and oxygen atoms in total. The van der Waals surface area contributed by atoms with Gasteiger partial charge >= 0.3 is 0 Å². The third-order valence-electron chi connectivity index (χ3n) is 3.23. The molecule has 1 N–H and O–H groups in total. The van der Waals surface area contributed by atoms with E-state index in [1.54, 1.807) is 6.92 Å². The van der Waals surface area contributed by atoms with Crippen LogP contribution in [0.3, 0.4) is 0 Å². The van der Waals surface area contributed by atoms with E-state index in [1.807, 2.05) is 18.2 Å². The average molecular weight is 269 g/mol. The largest absolute Gasteiger partial charge is 0.385 e. The summed E-state index contributed by atoms with van der Waals surface area (Å²) in [6.45, 7) is 1.72. The Balaban J connectivity index is 2.54. The molecule has 1 aliphatic rings. The second-order valence-corrected chi connectivity index (χ2v) is 5.15. The molecule has 0 radical (unpaired) electrons. The molecule has 0 saturated carbocycles. The van der Waals surface area contributed by atoms with Crippen molar-refractivity contribution in [2.75, 3.05) is 0 Å². The predicted octanol–water partition coefficient (Wildman–Crippen LogP) is 2.42. The maximum atomic E-state index is 10.9. The number of carbonyl (C=O) groups excluding carboxylic acids is 1. The van der Waals surface area contributed by atoms with Gasteiger partial charge in [-0.1, -0.05) is 22.0 Å². The molecule has 0 aromatic heterocycles. The Morgan fingerprint density at radius 3 is 3.00 bits per heavy atom. The van der Waals surface area contributed by atoms with Crippen molar-refractivity contribution in [1.29, 1.82) is 0 Å². The summed E-state index contributed by atoms with van der Waals surface area (Å²) in [5.74, 6) is -0.292. The van der Waals surface area contributed by atoms with Crippen molar-refractivity contribution < 1.29 is 9.90 Å². The van der Waals surface area contributed by atoms with Crippen molar-refractivity contribution in [3.05, 3.63) is 33.8 Å². The highest BCUT2D eigenvalue weighted by Gasteiger charge is 2.38. The van der Waals surface area contributed by atoms with Crippen LogP contribution in [0.15, 0.2) is 22.7 Å².